The molecule has 0 fully saturated rings. The molecule has 1 heterocycles. The third-order valence-electron chi connectivity index (χ3n) is 2.64. The number of rotatable bonds is 5. The lowest BCUT2D eigenvalue weighted by atomic mass is 10.3. The van der Waals surface area contributed by atoms with Crippen molar-refractivity contribution in [3.63, 3.8) is 0 Å². The van der Waals surface area contributed by atoms with Crippen molar-refractivity contribution in [1.82, 2.24) is 4.98 Å². The Balaban J connectivity index is 1.97. The molecule has 2 aromatic rings. The Morgan fingerprint density at radius 3 is 2.45 bits per heavy atom. The molecule has 0 unspecified atom stereocenters. The second kappa shape index (κ2) is 6.91. The van der Waals surface area contributed by atoms with Crippen LogP contribution in [0.5, 0.6) is 0 Å². The molecule has 0 atom stereocenters. The second-order valence-electron chi connectivity index (χ2n) is 4.36. The quantitative estimate of drug-likeness (QED) is 0.866. The first-order valence-electron chi connectivity index (χ1n) is 6.46. The molecule has 2 N–H and O–H groups in total. The van der Waals surface area contributed by atoms with Crippen LogP contribution in [-0.4, -0.2) is 10.9 Å². The first-order chi connectivity index (χ1) is 9.67. The van der Waals surface area contributed by atoms with Gasteiger partial charge in [-0.1, -0.05) is 18.5 Å². The maximum absolute atomic E-state index is 11.5. The van der Waals surface area contributed by atoms with Gasteiger partial charge in [0.1, 0.15) is 5.82 Å². The van der Waals surface area contributed by atoms with E-state index in [1.54, 1.807) is 6.20 Å². The lowest BCUT2D eigenvalue weighted by Gasteiger charge is -2.07. The monoisotopic (exact) mass is 289 g/mol. The molecule has 2 rings (SSSR count). The predicted molar refractivity (Wildman–Crippen MR) is 82.5 cm³/mol. The summed E-state index contributed by atoms with van der Waals surface area (Å²) in [4.78, 5) is 15.7. The molecule has 0 aliphatic heterocycles. The van der Waals surface area contributed by atoms with Crippen molar-refractivity contribution in [2.24, 2.45) is 0 Å². The first-order valence-corrected chi connectivity index (χ1v) is 6.83. The number of carbonyl (C=O) groups is 1. The third-order valence-corrected chi connectivity index (χ3v) is 2.89. The molecular formula is C15H16ClN3O. The summed E-state index contributed by atoms with van der Waals surface area (Å²) in [5.41, 5.74) is 1.61. The van der Waals surface area contributed by atoms with E-state index in [0.29, 0.717) is 22.9 Å². The van der Waals surface area contributed by atoms with Gasteiger partial charge in [0, 0.05) is 17.1 Å². The highest BCUT2D eigenvalue weighted by atomic mass is 35.5. The molecule has 0 aliphatic carbocycles. The van der Waals surface area contributed by atoms with Gasteiger partial charge in [-0.3, -0.25) is 4.79 Å². The van der Waals surface area contributed by atoms with Gasteiger partial charge < -0.3 is 10.6 Å². The van der Waals surface area contributed by atoms with Gasteiger partial charge in [-0.25, -0.2) is 4.98 Å². The van der Waals surface area contributed by atoms with Gasteiger partial charge in [0.2, 0.25) is 5.91 Å². The maximum atomic E-state index is 11.5. The Kier molecular flexibility index (Phi) is 4.96. The number of nitrogens with one attached hydrogen (secondary N) is 2. The van der Waals surface area contributed by atoms with Crippen molar-refractivity contribution in [1.29, 1.82) is 0 Å². The van der Waals surface area contributed by atoms with E-state index in [9.17, 15) is 4.79 Å². The van der Waals surface area contributed by atoms with Gasteiger partial charge in [-0.05, 0) is 42.8 Å². The van der Waals surface area contributed by atoms with E-state index >= 15 is 0 Å². The molecule has 0 saturated carbocycles. The van der Waals surface area contributed by atoms with Crippen LogP contribution in [0.1, 0.15) is 19.8 Å². The Morgan fingerprint density at radius 2 is 1.85 bits per heavy atom. The number of amides is 1. The summed E-state index contributed by atoms with van der Waals surface area (Å²) >= 11 is 5.83. The second-order valence-corrected chi connectivity index (χ2v) is 4.80. The van der Waals surface area contributed by atoms with Crippen LogP contribution in [0.25, 0.3) is 0 Å². The van der Waals surface area contributed by atoms with Crippen molar-refractivity contribution >= 4 is 34.7 Å². The number of pyridine rings is 1. The molecule has 0 spiro atoms. The number of halogens is 1. The fourth-order valence-corrected chi connectivity index (χ4v) is 1.80. The summed E-state index contributed by atoms with van der Waals surface area (Å²) in [6, 6.07) is 11.0. The van der Waals surface area contributed by atoms with Crippen LogP contribution in [0.15, 0.2) is 42.6 Å². The van der Waals surface area contributed by atoms with Gasteiger partial charge >= 0.3 is 0 Å². The molecule has 1 aromatic heterocycles. The highest BCUT2D eigenvalue weighted by Gasteiger charge is 2.01. The summed E-state index contributed by atoms with van der Waals surface area (Å²) in [6.45, 7) is 1.97. The van der Waals surface area contributed by atoms with Crippen molar-refractivity contribution in [2.45, 2.75) is 19.8 Å². The molecule has 0 saturated heterocycles. The maximum Gasteiger partial charge on any atom is 0.224 e. The van der Waals surface area contributed by atoms with Gasteiger partial charge in [0.05, 0.1) is 11.9 Å². The smallest absolute Gasteiger partial charge is 0.224 e. The average molecular weight is 290 g/mol. The van der Waals surface area contributed by atoms with E-state index in [4.69, 9.17) is 11.6 Å². The minimum absolute atomic E-state index is 0.00714. The highest BCUT2D eigenvalue weighted by molar-refractivity contribution is 6.30. The Bertz CT molecular complexity index is 567. The lowest BCUT2D eigenvalue weighted by molar-refractivity contribution is -0.116. The number of carbonyl (C=O) groups excluding carboxylic acids is 1. The highest BCUT2D eigenvalue weighted by Crippen LogP contribution is 2.18. The topological polar surface area (TPSA) is 54.0 Å². The Labute approximate surface area is 123 Å². The van der Waals surface area contributed by atoms with Crippen LogP contribution >= 0.6 is 11.6 Å². The summed E-state index contributed by atoms with van der Waals surface area (Å²) in [7, 11) is 0. The van der Waals surface area contributed by atoms with E-state index in [0.717, 1.165) is 12.1 Å². The van der Waals surface area contributed by atoms with Crippen molar-refractivity contribution in [3.05, 3.63) is 47.6 Å². The fraction of sp³-hybridized carbons (Fsp3) is 0.200. The predicted octanol–water partition coefficient (Wildman–Crippen LogP) is 4.22. The standard InChI is InChI=1S/C15H16ClN3O/c1-2-3-15(20)19-13-8-9-14(17-10-13)18-12-6-4-11(16)5-7-12/h4-10H,2-3H2,1H3,(H,17,18)(H,19,20). The van der Waals surface area contributed by atoms with Gasteiger partial charge in [0.15, 0.2) is 0 Å². The zero-order valence-electron chi connectivity index (χ0n) is 11.2. The van der Waals surface area contributed by atoms with Gasteiger partial charge in [0.25, 0.3) is 0 Å². The van der Waals surface area contributed by atoms with Crippen molar-refractivity contribution < 1.29 is 4.79 Å². The summed E-state index contributed by atoms with van der Waals surface area (Å²) in [5.74, 6) is 0.716. The Hall–Kier alpha value is -2.07. The number of nitrogens with zero attached hydrogens (tertiary/aromatic N) is 1. The molecule has 1 aromatic carbocycles. The number of hydrogen-bond donors (Lipinski definition) is 2. The zero-order chi connectivity index (χ0) is 14.4. The minimum atomic E-state index is 0.00714. The molecule has 0 bridgehead atoms. The lowest BCUT2D eigenvalue weighted by Crippen LogP contribution is -2.10. The zero-order valence-corrected chi connectivity index (χ0v) is 11.9. The van der Waals surface area contributed by atoms with Gasteiger partial charge in [-0.2, -0.15) is 0 Å². The normalized spacial score (nSPS) is 10.1. The van der Waals surface area contributed by atoms with Crippen LogP contribution in [-0.2, 0) is 4.79 Å². The molecule has 5 heteroatoms. The largest absolute Gasteiger partial charge is 0.340 e. The number of anilines is 3. The minimum Gasteiger partial charge on any atom is -0.340 e. The number of aromatic nitrogens is 1. The third kappa shape index (κ3) is 4.24. The van der Waals surface area contributed by atoms with Crippen LogP contribution < -0.4 is 10.6 Å². The molecular weight excluding hydrogens is 274 g/mol. The van der Waals surface area contributed by atoms with Crippen LogP contribution in [0.2, 0.25) is 5.02 Å². The van der Waals surface area contributed by atoms with Crippen molar-refractivity contribution in [2.75, 3.05) is 10.6 Å². The van der Waals surface area contributed by atoms with E-state index in [1.807, 2.05) is 43.3 Å². The van der Waals surface area contributed by atoms with E-state index in [-0.39, 0.29) is 5.91 Å². The summed E-state index contributed by atoms with van der Waals surface area (Å²) in [6.07, 6.45) is 2.98. The van der Waals surface area contributed by atoms with Crippen LogP contribution in [0, 0.1) is 0 Å². The van der Waals surface area contributed by atoms with Crippen LogP contribution in [0.4, 0.5) is 17.2 Å². The number of hydrogen-bond acceptors (Lipinski definition) is 3. The number of benzene rings is 1. The molecule has 20 heavy (non-hydrogen) atoms. The average Bonchev–Trinajstić information content (AvgIpc) is 2.44. The molecule has 0 radical (unpaired) electrons. The molecule has 1 amide bonds. The summed E-state index contributed by atoms with van der Waals surface area (Å²) in [5, 5.41) is 6.64. The van der Waals surface area contributed by atoms with Crippen LogP contribution in [0.3, 0.4) is 0 Å². The summed E-state index contributed by atoms with van der Waals surface area (Å²) < 4.78 is 0. The SMILES string of the molecule is CCCC(=O)Nc1ccc(Nc2ccc(Cl)cc2)nc1. The Morgan fingerprint density at radius 1 is 1.15 bits per heavy atom. The molecule has 104 valence electrons. The molecule has 0 aliphatic rings. The fourth-order valence-electron chi connectivity index (χ4n) is 1.67. The first kappa shape index (κ1) is 14.3. The van der Waals surface area contributed by atoms with E-state index in [1.165, 1.54) is 0 Å². The van der Waals surface area contributed by atoms with E-state index < -0.39 is 0 Å². The molecule has 4 nitrogen and oxygen atoms in total. The van der Waals surface area contributed by atoms with E-state index in [2.05, 4.69) is 15.6 Å². The van der Waals surface area contributed by atoms with Crippen molar-refractivity contribution in [3.8, 4) is 0 Å². The van der Waals surface area contributed by atoms with Gasteiger partial charge in [-0.15, -0.1) is 0 Å².